The number of benzene rings is 2. The van der Waals surface area contributed by atoms with Crippen LogP contribution in [0.3, 0.4) is 0 Å². The summed E-state index contributed by atoms with van der Waals surface area (Å²) in [5, 5.41) is 2.85. The Bertz CT molecular complexity index is 1170. The predicted molar refractivity (Wildman–Crippen MR) is 126 cm³/mol. The molecule has 1 aromatic heterocycles. The van der Waals surface area contributed by atoms with E-state index in [1.165, 1.54) is 13.3 Å². The molecule has 3 aromatic rings. The van der Waals surface area contributed by atoms with Crippen LogP contribution in [-0.4, -0.2) is 46.9 Å². The summed E-state index contributed by atoms with van der Waals surface area (Å²) in [7, 11) is 1.46. The van der Waals surface area contributed by atoms with Gasteiger partial charge >= 0.3 is 6.01 Å². The molecular weight excluding hydrogens is 418 g/mol. The van der Waals surface area contributed by atoms with Crippen molar-refractivity contribution in [3.05, 3.63) is 70.9 Å². The number of hydrogen-bond acceptors (Lipinski definition) is 6. The average Bonchev–Trinajstić information content (AvgIpc) is 3.37. The molecule has 2 heterocycles. The number of carbonyl (C=O) groups excluding carboxylic acids is 2. The van der Waals surface area contributed by atoms with Gasteiger partial charge in [0.05, 0.1) is 7.11 Å². The van der Waals surface area contributed by atoms with Crippen molar-refractivity contribution in [2.45, 2.75) is 26.3 Å². The minimum absolute atomic E-state index is 0.0525. The molecule has 1 aliphatic rings. The molecule has 2 aromatic carbocycles. The first-order valence-corrected chi connectivity index (χ1v) is 10.9. The zero-order valence-corrected chi connectivity index (χ0v) is 18.8. The molecule has 1 aliphatic heterocycles. The van der Waals surface area contributed by atoms with Crippen LogP contribution in [0.2, 0.25) is 0 Å². The number of hydrogen-bond donors (Lipinski definition) is 2. The average molecular weight is 446 g/mol. The number of methoxy groups -OCH3 is 1. The lowest BCUT2D eigenvalue weighted by molar-refractivity contribution is 0.0793. The van der Waals surface area contributed by atoms with Gasteiger partial charge in [-0.3, -0.25) is 9.59 Å². The molecule has 0 unspecified atom stereocenters. The number of rotatable bonds is 6. The van der Waals surface area contributed by atoms with Gasteiger partial charge in [0.2, 0.25) is 0 Å². The standard InChI is InChI=1S/C25H27N5O3/c1-16-5-7-17(8-6-16)18-11-19(13-20(12-18)24(32)30-9-3-4-10-30)23(31)27-14-21-15-28-25(33-2)29-22(21)26/h5-8,11-13,15H,3-4,9-10,14H2,1-2H3,(H,27,31)(H2,26,28,29). The van der Waals surface area contributed by atoms with Crippen molar-refractivity contribution < 1.29 is 14.3 Å². The van der Waals surface area contributed by atoms with Crippen LogP contribution >= 0.6 is 0 Å². The summed E-state index contributed by atoms with van der Waals surface area (Å²) in [6, 6.07) is 13.5. The van der Waals surface area contributed by atoms with Gasteiger partial charge < -0.3 is 20.7 Å². The largest absolute Gasteiger partial charge is 0.467 e. The molecule has 0 bridgehead atoms. The highest BCUT2D eigenvalue weighted by Gasteiger charge is 2.22. The van der Waals surface area contributed by atoms with Crippen molar-refractivity contribution >= 4 is 17.6 Å². The van der Waals surface area contributed by atoms with Crippen molar-refractivity contribution in [3.63, 3.8) is 0 Å². The predicted octanol–water partition coefficient (Wildman–Crippen LogP) is 3.21. The molecule has 0 saturated carbocycles. The number of nitrogens with one attached hydrogen (secondary N) is 1. The first-order chi connectivity index (χ1) is 15.9. The normalized spacial score (nSPS) is 13.1. The minimum atomic E-state index is -0.311. The Hall–Kier alpha value is -3.94. The van der Waals surface area contributed by atoms with Gasteiger partial charge in [-0.2, -0.15) is 4.98 Å². The van der Waals surface area contributed by atoms with Crippen LogP contribution in [0.25, 0.3) is 11.1 Å². The van der Waals surface area contributed by atoms with Gasteiger partial charge in [0.25, 0.3) is 11.8 Å². The maximum atomic E-state index is 13.1. The molecule has 4 rings (SSSR count). The summed E-state index contributed by atoms with van der Waals surface area (Å²) in [6.45, 7) is 3.65. The Labute approximate surface area is 192 Å². The molecule has 2 amide bonds. The lowest BCUT2D eigenvalue weighted by Crippen LogP contribution is -2.28. The van der Waals surface area contributed by atoms with E-state index in [4.69, 9.17) is 10.5 Å². The fourth-order valence-electron chi connectivity index (χ4n) is 3.81. The van der Waals surface area contributed by atoms with Gasteiger partial charge in [-0.25, -0.2) is 4.98 Å². The van der Waals surface area contributed by atoms with Crippen molar-refractivity contribution in [3.8, 4) is 17.1 Å². The maximum absolute atomic E-state index is 13.1. The van der Waals surface area contributed by atoms with E-state index in [0.29, 0.717) is 16.7 Å². The third-order valence-corrected chi connectivity index (χ3v) is 5.72. The van der Waals surface area contributed by atoms with E-state index >= 15 is 0 Å². The quantitative estimate of drug-likeness (QED) is 0.603. The van der Waals surface area contributed by atoms with Crippen molar-refractivity contribution in [2.24, 2.45) is 0 Å². The maximum Gasteiger partial charge on any atom is 0.318 e. The Balaban J connectivity index is 1.62. The van der Waals surface area contributed by atoms with Crippen molar-refractivity contribution in [1.82, 2.24) is 20.2 Å². The number of carbonyl (C=O) groups is 2. The van der Waals surface area contributed by atoms with Crippen LogP contribution in [0.5, 0.6) is 6.01 Å². The third-order valence-electron chi connectivity index (χ3n) is 5.72. The van der Waals surface area contributed by atoms with Gasteiger partial charge in [0.15, 0.2) is 0 Å². The summed E-state index contributed by atoms with van der Waals surface area (Å²) < 4.78 is 4.96. The summed E-state index contributed by atoms with van der Waals surface area (Å²) in [5.74, 6) is -0.126. The molecule has 1 saturated heterocycles. The Morgan fingerprint density at radius 2 is 1.76 bits per heavy atom. The van der Waals surface area contributed by atoms with Crippen LogP contribution < -0.4 is 15.8 Å². The van der Waals surface area contributed by atoms with Crippen LogP contribution in [0.4, 0.5) is 5.82 Å². The van der Waals surface area contributed by atoms with Crippen LogP contribution in [-0.2, 0) is 6.54 Å². The van der Waals surface area contributed by atoms with E-state index in [1.807, 2.05) is 42.2 Å². The number of likely N-dealkylation sites (tertiary alicyclic amines) is 1. The second kappa shape index (κ2) is 9.68. The number of amides is 2. The van der Waals surface area contributed by atoms with Gasteiger partial charge in [0, 0.05) is 42.5 Å². The second-order valence-electron chi connectivity index (χ2n) is 8.11. The molecule has 8 heteroatoms. The van der Waals surface area contributed by atoms with Crippen molar-refractivity contribution in [1.29, 1.82) is 0 Å². The van der Waals surface area contributed by atoms with Crippen LogP contribution in [0.1, 0.15) is 44.7 Å². The number of nitrogen functional groups attached to an aromatic ring is 1. The van der Waals surface area contributed by atoms with E-state index in [0.717, 1.165) is 42.6 Å². The van der Waals surface area contributed by atoms with Crippen molar-refractivity contribution in [2.75, 3.05) is 25.9 Å². The van der Waals surface area contributed by atoms with E-state index < -0.39 is 0 Å². The first kappa shape index (κ1) is 22.3. The highest BCUT2D eigenvalue weighted by molar-refractivity contribution is 6.01. The first-order valence-electron chi connectivity index (χ1n) is 10.9. The molecule has 170 valence electrons. The zero-order valence-electron chi connectivity index (χ0n) is 18.8. The Kier molecular flexibility index (Phi) is 6.53. The molecule has 33 heavy (non-hydrogen) atoms. The number of aromatic nitrogens is 2. The molecular formula is C25H27N5O3. The SMILES string of the molecule is COc1ncc(CNC(=O)c2cc(C(=O)N3CCCC3)cc(-c3ccc(C)cc3)c2)c(N)n1. The van der Waals surface area contributed by atoms with E-state index in [2.05, 4.69) is 15.3 Å². The number of nitrogens with zero attached hydrogens (tertiary/aromatic N) is 3. The summed E-state index contributed by atoms with van der Waals surface area (Å²) in [5.41, 5.74) is 10.3. The summed E-state index contributed by atoms with van der Waals surface area (Å²) in [4.78, 5) is 36.0. The molecule has 0 radical (unpaired) electrons. The molecule has 8 nitrogen and oxygen atoms in total. The fraction of sp³-hybridized carbons (Fsp3) is 0.280. The third kappa shape index (κ3) is 5.11. The summed E-state index contributed by atoms with van der Waals surface area (Å²) in [6.07, 6.45) is 3.52. The highest BCUT2D eigenvalue weighted by Crippen LogP contribution is 2.25. The molecule has 0 spiro atoms. The highest BCUT2D eigenvalue weighted by atomic mass is 16.5. The van der Waals surface area contributed by atoms with E-state index in [9.17, 15) is 9.59 Å². The van der Waals surface area contributed by atoms with Gasteiger partial charge in [0.1, 0.15) is 5.82 Å². The molecule has 3 N–H and O–H groups in total. The number of nitrogens with two attached hydrogens (primary N) is 1. The van der Waals surface area contributed by atoms with Gasteiger partial charge in [-0.05, 0) is 49.1 Å². The van der Waals surface area contributed by atoms with Crippen LogP contribution in [0, 0.1) is 6.92 Å². The molecule has 0 atom stereocenters. The van der Waals surface area contributed by atoms with Crippen LogP contribution in [0.15, 0.2) is 48.7 Å². The zero-order chi connectivity index (χ0) is 23.4. The fourth-order valence-corrected chi connectivity index (χ4v) is 3.81. The Morgan fingerprint density at radius 3 is 2.42 bits per heavy atom. The van der Waals surface area contributed by atoms with E-state index in [1.54, 1.807) is 12.1 Å². The number of aryl methyl sites for hydroxylation is 1. The lowest BCUT2D eigenvalue weighted by atomic mass is 9.98. The van der Waals surface area contributed by atoms with Gasteiger partial charge in [-0.15, -0.1) is 0 Å². The minimum Gasteiger partial charge on any atom is -0.467 e. The summed E-state index contributed by atoms with van der Waals surface area (Å²) >= 11 is 0. The topological polar surface area (TPSA) is 110 Å². The lowest BCUT2D eigenvalue weighted by Gasteiger charge is -2.17. The van der Waals surface area contributed by atoms with E-state index in [-0.39, 0.29) is 30.2 Å². The molecule has 1 fully saturated rings. The number of anilines is 1. The number of ether oxygens (including phenoxy) is 1. The Morgan fingerprint density at radius 1 is 1.06 bits per heavy atom. The smallest absolute Gasteiger partial charge is 0.318 e. The molecule has 0 aliphatic carbocycles. The monoisotopic (exact) mass is 445 g/mol. The van der Waals surface area contributed by atoms with Gasteiger partial charge in [-0.1, -0.05) is 29.8 Å². The second-order valence-corrected chi connectivity index (χ2v) is 8.11.